The quantitative estimate of drug-likeness (QED) is 0.341. The van der Waals surface area contributed by atoms with E-state index in [0.717, 1.165) is 24.2 Å². The van der Waals surface area contributed by atoms with Crippen LogP contribution in [0.5, 0.6) is 0 Å². The highest BCUT2D eigenvalue weighted by Gasteiger charge is 2.07. The molecule has 5 heteroatoms. The van der Waals surface area contributed by atoms with Gasteiger partial charge in [0.2, 0.25) is 0 Å². The molecule has 26 heavy (non-hydrogen) atoms. The van der Waals surface area contributed by atoms with E-state index in [1.165, 1.54) is 19.3 Å². The fourth-order valence-electron chi connectivity index (χ4n) is 2.46. The lowest BCUT2D eigenvalue weighted by Crippen LogP contribution is -2.19. The minimum atomic E-state index is -0.281. The molecule has 2 N–H and O–H groups in total. The number of hydrogen-bond donors (Lipinski definition) is 2. The zero-order chi connectivity index (χ0) is 18.6. The summed E-state index contributed by atoms with van der Waals surface area (Å²) in [6, 6.07) is 16.8. The number of ether oxygens (including phenoxy) is 1. The Balaban J connectivity index is 1.74. The van der Waals surface area contributed by atoms with Crippen molar-refractivity contribution in [3.63, 3.8) is 0 Å². The second kappa shape index (κ2) is 11.3. The summed E-state index contributed by atoms with van der Waals surface area (Å²) in [6.07, 6.45) is 5.68. The monoisotopic (exact) mass is 370 g/mol. The van der Waals surface area contributed by atoms with Crippen LogP contribution in [0, 0.1) is 0 Å². The average Bonchev–Trinajstić information content (AvgIpc) is 2.65. The van der Waals surface area contributed by atoms with Gasteiger partial charge in [-0.05, 0) is 55.0 Å². The first-order chi connectivity index (χ1) is 12.7. The fraction of sp³-hybridized carbons (Fsp3) is 0.333. The molecule has 0 aliphatic heterocycles. The maximum absolute atomic E-state index is 12.0. The molecule has 0 bridgehead atoms. The lowest BCUT2D eigenvalue weighted by molar-refractivity contribution is 0.0497. The van der Waals surface area contributed by atoms with E-state index in [9.17, 15) is 4.79 Å². The molecule has 0 aromatic heterocycles. The van der Waals surface area contributed by atoms with Gasteiger partial charge in [-0.2, -0.15) is 0 Å². The van der Waals surface area contributed by atoms with Crippen LogP contribution in [-0.4, -0.2) is 17.7 Å². The van der Waals surface area contributed by atoms with Gasteiger partial charge in [-0.25, -0.2) is 4.79 Å². The molecule has 0 saturated carbocycles. The third-order valence-electron chi connectivity index (χ3n) is 3.89. The molecule has 2 aromatic carbocycles. The zero-order valence-electron chi connectivity index (χ0n) is 15.2. The van der Waals surface area contributed by atoms with E-state index < -0.39 is 0 Å². The van der Waals surface area contributed by atoms with Gasteiger partial charge >= 0.3 is 5.97 Å². The summed E-state index contributed by atoms with van der Waals surface area (Å²) in [6.45, 7) is 2.66. The number of esters is 1. The summed E-state index contributed by atoms with van der Waals surface area (Å²) < 4.78 is 5.31. The van der Waals surface area contributed by atoms with Crippen molar-refractivity contribution >= 4 is 34.7 Å². The molecule has 0 aliphatic rings. The molecular formula is C21H26N2O2S. The molecule has 0 amide bonds. The molecule has 0 heterocycles. The molecule has 0 spiro atoms. The van der Waals surface area contributed by atoms with Gasteiger partial charge in [0.25, 0.3) is 0 Å². The molecule has 2 aromatic rings. The molecule has 0 unspecified atom stereocenters. The van der Waals surface area contributed by atoms with Crippen LogP contribution in [0.1, 0.15) is 49.4 Å². The van der Waals surface area contributed by atoms with Crippen LogP contribution in [0.15, 0.2) is 54.6 Å². The van der Waals surface area contributed by atoms with Gasteiger partial charge in [0.15, 0.2) is 5.11 Å². The van der Waals surface area contributed by atoms with Crippen molar-refractivity contribution < 1.29 is 9.53 Å². The summed E-state index contributed by atoms with van der Waals surface area (Å²) >= 11 is 5.29. The third-order valence-corrected chi connectivity index (χ3v) is 4.10. The predicted molar refractivity (Wildman–Crippen MR) is 112 cm³/mol. The SMILES string of the molecule is CCCCCCCOC(=O)c1ccc(NC(=S)Nc2ccccc2)cc1. The number of hydrogen-bond acceptors (Lipinski definition) is 3. The number of unbranched alkanes of at least 4 members (excludes halogenated alkanes) is 4. The second-order valence-electron chi connectivity index (χ2n) is 6.07. The summed E-state index contributed by atoms with van der Waals surface area (Å²) in [4.78, 5) is 12.0. The lowest BCUT2D eigenvalue weighted by Gasteiger charge is -2.11. The van der Waals surface area contributed by atoms with Gasteiger partial charge in [0.05, 0.1) is 12.2 Å². The van der Waals surface area contributed by atoms with E-state index in [0.29, 0.717) is 17.3 Å². The molecule has 0 fully saturated rings. The number of thiocarbonyl (C=S) groups is 1. The van der Waals surface area contributed by atoms with Crippen LogP contribution in [0.25, 0.3) is 0 Å². The lowest BCUT2D eigenvalue weighted by atomic mass is 10.2. The molecule has 2 rings (SSSR count). The van der Waals surface area contributed by atoms with E-state index in [1.807, 2.05) is 42.5 Å². The van der Waals surface area contributed by atoms with Crippen LogP contribution in [0.3, 0.4) is 0 Å². The van der Waals surface area contributed by atoms with Crippen molar-refractivity contribution in [2.45, 2.75) is 39.0 Å². The van der Waals surface area contributed by atoms with Crippen LogP contribution in [-0.2, 0) is 4.74 Å². The number of para-hydroxylation sites is 1. The number of anilines is 2. The smallest absolute Gasteiger partial charge is 0.338 e. The van der Waals surface area contributed by atoms with Crippen molar-refractivity contribution in [1.82, 2.24) is 0 Å². The molecule has 0 atom stereocenters. The minimum absolute atomic E-state index is 0.281. The number of benzene rings is 2. The first kappa shape index (κ1) is 19.9. The number of carbonyl (C=O) groups excluding carboxylic acids is 1. The number of carbonyl (C=O) groups is 1. The standard InChI is InChI=1S/C21H26N2O2S/c1-2-3-4-5-9-16-25-20(24)17-12-14-19(15-13-17)23-21(26)22-18-10-7-6-8-11-18/h6-8,10-15H,2-5,9,16H2,1H3,(H2,22,23,26). The molecule has 138 valence electrons. The Morgan fingerprint density at radius 2 is 1.50 bits per heavy atom. The largest absolute Gasteiger partial charge is 0.462 e. The van der Waals surface area contributed by atoms with E-state index in [4.69, 9.17) is 17.0 Å². The molecule has 0 aliphatic carbocycles. The van der Waals surface area contributed by atoms with Crippen LogP contribution in [0.4, 0.5) is 11.4 Å². The predicted octanol–water partition coefficient (Wildman–Crippen LogP) is 5.62. The Bertz CT molecular complexity index is 687. The Labute approximate surface area is 161 Å². The van der Waals surface area contributed by atoms with Crippen LogP contribution >= 0.6 is 12.2 Å². The van der Waals surface area contributed by atoms with E-state index in [1.54, 1.807) is 12.1 Å². The highest BCUT2D eigenvalue weighted by Crippen LogP contribution is 2.12. The Kier molecular flexibility index (Phi) is 8.63. The Hall–Kier alpha value is -2.40. The summed E-state index contributed by atoms with van der Waals surface area (Å²) in [7, 11) is 0. The van der Waals surface area contributed by atoms with Gasteiger partial charge in [0, 0.05) is 11.4 Å². The van der Waals surface area contributed by atoms with Crippen molar-refractivity contribution in [3.8, 4) is 0 Å². The minimum Gasteiger partial charge on any atom is -0.462 e. The molecule has 4 nitrogen and oxygen atoms in total. The van der Waals surface area contributed by atoms with Gasteiger partial charge in [0.1, 0.15) is 0 Å². The highest BCUT2D eigenvalue weighted by molar-refractivity contribution is 7.80. The first-order valence-corrected chi connectivity index (χ1v) is 9.50. The van der Waals surface area contributed by atoms with Crippen molar-refractivity contribution in [2.75, 3.05) is 17.2 Å². The maximum atomic E-state index is 12.0. The average molecular weight is 371 g/mol. The summed E-state index contributed by atoms with van der Waals surface area (Å²) in [5.74, 6) is -0.281. The van der Waals surface area contributed by atoms with Gasteiger partial charge in [-0.3, -0.25) is 0 Å². The van der Waals surface area contributed by atoms with Crippen molar-refractivity contribution in [2.24, 2.45) is 0 Å². The fourth-order valence-corrected chi connectivity index (χ4v) is 2.69. The van der Waals surface area contributed by atoms with E-state index in [2.05, 4.69) is 17.6 Å². The van der Waals surface area contributed by atoms with Crippen molar-refractivity contribution in [1.29, 1.82) is 0 Å². The second-order valence-corrected chi connectivity index (χ2v) is 6.48. The number of rotatable bonds is 9. The van der Waals surface area contributed by atoms with Crippen LogP contribution < -0.4 is 10.6 Å². The zero-order valence-corrected chi connectivity index (χ0v) is 16.0. The topological polar surface area (TPSA) is 50.4 Å². The molecule has 0 radical (unpaired) electrons. The third kappa shape index (κ3) is 7.23. The van der Waals surface area contributed by atoms with E-state index >= 15 is 0 Å². The maximum Gasteiger partial charge on any atom is 0.338 e. The Morgan fingerprint density at radius 1 is 0.885 bits per heavy atom. The first-order valence-electron chi connectivity index (χ1n) is 9.09. The van der Waals surface area contributed by atoms with Crippen molar-refractivity contribution in [3.05, 3.63) is 60.2 Å². The highest BCUT2D eigenvalue weighted by atomic mass is 32.1. The van der Waals surface area contributed by atoms with Gasteiger partial charge in [-0.1, -0.05) is 50.8 Å². The normalized spacial score (nSPS) is 10.2. The molecular weight excluding hydrogens is 344 g/mol. The number of nitrogens with one attached hydrogen (secondary N) is 2. The summed E-state index contributed by atoms with van der Waals surface area (Å²) in [5, 5.41) is 6.70. The van der Waals surface area contributed by atoms with Gasteiger partial charge < -0.3 is 15.4 Å². The van der Waals surface area contributed by atoms with Gasteiger partial charge in [-0.15, -0.1) is 0 Å². The van der Waals surface area contributed by atoms with Crippen LogP contribution in [0.2, 0.25) is 0 Å². The Morgan fingerprint density at radius 3 is 2.15 bits per heavy atom. The molecule has 0 saturated heterocycles. The summed E-state index contributed by atoms with van der Waals surface area (Å²) in [5.41, 5.74) is 2.28. The van der Waals surface area contributed by atoms with E-state index in [-0.39, 0.29) is 5.97 Å².